The maximum absolute atomic E-state index is 10.3. The topological polar surface area (TPSA) is 20.2 Å². The predicted octanol–water partition coefficient (Wildman–Crippen LogP) is 4.53. The van der Waals surface area contributed by atoms with Gasteiger partial charge in [-0.2, -0.15) is 0 Å². The van der Waals surface area contributed by atoms with Crippen LogP contribution in [0.2, 0.25) is 0 Å². The third-order valence-corrected chi connectivity index (χ3v) is 3.28. The summed E-state index contributed by atoms with van der Waals surface area (Å²) in [4.78, 5) is 0. The van der Waals surface area contributed by atoms with E-state index in [-0.39, 0.29) is 5.75 Å². The average Bonchev–Trinajstić information content (AvgIpc) is 2.37. The lowest BCUT2D eigenvalue weighted by Gasteiger charge is -2.09. The van der Waals surface area contributed by atoms with Crippen LogP contribution in [0.4, 0.5) is 0 Å². The van der Waals surface area contributed by atoms with E-state index in [0.29, 0.717) is 11.1 Å². The molecule has 0 aliphatic rings. The zero-order valence-electron chi connectivity index (χ0n) is 10.1. The summed E-state index contributed by atoms with van der Waals surface area (Å²) in [5, 5.41) is 14.4. The smallest absolute Gasteiger partial charge is 0.130 e. The summed E-state index contributed by atoms with van der Waals surface area (Å²) in [6.45, 7) is 7.57. The van der Waals surface area contributed by atoms with Crippen LogP contribution in [0.1, 0.15) is 12.5 Å². The van der Waals surface area contributed by atoms with Crippen molar-refractivity contribution in [2.24, 2.45) is 0 Å². The fraction of sp³-hybridized carbons (Fsp3) is 0.0588. The SMILES string of the molecule is [CH]=C(C)c1ccc2cc3ccccc3cc2c1O. The molecule has 3 aromatic rings. The molecule has 3 aromatic carbocycles. The molecule has 0 saturated heterocycles. The molecule has 0 aliphatic carbocycles. The molecule has 0 spiro atoms. The van der Waals surface area contributed by atoms with Crippen LogP contribution >= 0.6 is 0 Å². The second-order valence-corrected chi connectivity index (χ2v) is 4.57. The van der Waals surface area contributed by atoms with Gasteiger partial charge in [-0.15, -0.1) is 0 Å². The van der Waals surface area contributed by atoms with E-state index in [4.69, 9.17) is 6.58 Å². The molecule has 1 N–H and O–H groups in total. The van der Waals surface area contributed by atoms with Gasteiger partial charge in [0, 0.05) is 10.9 Å². The van der Waals surface area contributed by atoms with Crippen LogP contribution in [0, 0.1) is 6.58 Å². The van der Waals surface area contributed by atoms with E-state index < -0.39 is 0 Å². The fourth-order valence-corrected chi connectivity index (χ4v) is 2.32. The predicted molar refractivity (Wildman–Crippen MR) is 76.5 cm³/mol. The number of hydrogen-bond acceptors (Lipinski definition) is 1. The Hall–Kier alpha value is -2.28. The average molecular weight is 233 g/mol. The van der Waals surface area contributed by atoms with Crippen LogP contribution in [-0.2, 0) is 0 Å². The number of aromatic hydroxyl groups is 1. The minimum Gasteiger partial charge on any atom is -0.507 e. The van der Waals surface area contributed by atoms with Gasteiger partial charge in [0.05, 0.1) is 0 Å². The zero-order valence-corrected chi connectivity index (χ0v) is 10.1. The number of fused-ring (bicyclic) bond motifs is 2. The molecule has 1 heteroatoms. The Bertz CT molecular complexity index is 769. The first kappa shape index (κ1) is 10.8. The highest BCUT2D eigenvalue weighted by Crippen LogP contribution is 2.34. The summed E-state index contributed by atoms with van der Waals surface area (Å²) in [6, 6.07) is 16.1. The first-order chi connectivity index (χ1) is 8.66. The fourth-order valence-electron chi connectivity index (χ4n) is 2.32. The Balaban J connectivity index is 2.44. The van der Waals surface area contributed by atoms with Crippen molar-refractivity contribution in [2.75, 3.05) is 0 Å². The molecule has 0 bridgehead atoms. The summed E-state index contributed by atoms with van der Waals surface area (Å²) in [7, 11) is 0. The van der Waals surface area contributed by atoms with Crippen molar-refractivity contribution in [3.8, 4) is 5.75 Å². The Morgan fingerprint density at radius 3 is 2.28 bits per heavy atom. The monoisotopic (exact) mass is 233 g/mol. The normalized spacial score (nSPS) is 10.9. The van der Waals surface area contributed by atoms with Crippen molar-refractivity contribution in [2.45, 2.75) is 6.92 Å². The van der Waals surface area contributed by atoms with Gasteiger partial charge in [0.25, 0.3) is 0 Å². The summed E-state index contributed by atoms with van der Waals surface area (Å²) < 4.78 is 0. The van der Waals surface area contributed by atoms with Crippen molar-refractivity contribution in [3.05, 3.63) is 60.7 Å². The third kappa shape index (κ3) is 1.56. The lowest BCUT2D eigenvalue weighted by atomic mass is 9.98. The lowest BCUT2D eigenvalue weighted by molar-refractivity contribution is 0.480. The maximum atomic E-state index is 10.3. The lowest BCUT2D eigenvalue weighted by Crippen LogP contribution is -1.83. The van der Waals surface area contributed by atoms with Crippen molar-refractivity contribution in [1.29, 1.82) is 0 Å². The number of rotatable bonds is 1. The molecule has 0 atom stereocenters. The van der Waals surface area contributed by atoms with Crippen LogP contribution in [0.25, 0.3) is 27.1 Å². The first-order valence-electron chi connectivity index (χ1n) is 5.91. The minimum atomic E-state index is 0.262. The molecule has 0 amide bonds. The van der Waals surface area contributed by atoms with Crippen LogP contribution in [0.3, 0.4) is 0 Å². The molecule has 18 heavy (non-hydrogen) atoms. The number of benzene rings is 3. The van der Waals surface area contributed by atoms with Gasteiger partial charge in [-0.05, 0) is 40.8 Å². The van der Waals surface area contributed by atoms with E-state index in [0.717, 1.165) is 16.2 Å². The Morgan fingerprint density at radius 1 is 0.944 bits per heavy atom. The van der Waals surface area contributed by atoms with Crippen molar-refractivity contribution in [1.82, 2.24) is 0 Å². The Morgan fingerprint density at radius 2 is 1.61 bits per heavy atom. The van der Waals surface area contributed by atoms with Gasteiger partial charge in [-0.25, -0.2) is 0 Å². The number of phenols is 1. The van der Waals surface area contributed by atoms with Gasteiger partial charge < -0.3 is 5.11 Å². The van der Waals surface area contributed by atoms with Gasteiger partial charge in [0.1, 0.15) is 5.75 Å². The van der Waals surface area contributed by atoms with Crippen molar-refractivity contribution >= 4 is 27.1 Å². The van der Waals surface area contributed by atoms with Crippen molar-refractivity contribution in [3.63, 3.8) is 0 Å². The second-order valence-electron chi connectivity index (χ2n) is 4.57. The van der Waals surface area contributed by atoms with E-state index in [1.165, 1.54) is 5.39 Å². The van der Waals surface area contributed by atoms with Gasteiger partial charge in [-0.1, -0.05) is 43.0 Å². The summed E-state index contributed by atoms with van der Waals surface area (Å²) >= 11 is 0. The van der Waals surface area contributed by atoms with Gasteiger partial charge >= 0.3 is 0 Å². The number of hydrogen-bond donors (Lipinski definition) is 1. The van der Waals surface area contributed by atoms with E-state index in [9.17, 15) is 5.11 Å². The van der Waals surface area contributed by atoms with E-state index >= 15 is 0 Å². The molecular weight excluding hydrogens is 220 g/mol. The Kier molecular flexibility index (Phi) is 2.34. The third-order valence-electron chi connectivity index (χ3n) is 3.28. The number of allylic oxidation sites excluding steroid dienone is 1. The van der Waals surface area contributed by atoms with Gasteiger partial charge in [-0.3, -0.25) is 0 Å². The molecule has 1 nitrogen and oxygen atoms in total. The van der Waals surface area contributed by atoms with Crippen LogP contribution in [0.15, 0.2) is 48.5 Å². The van der Waals surface area contributed by atoms with E-state index in [1.807, 2.05) is 36.4 Å². The van der Waals surface area contributed by atoms with Gasteiger partial charge in [0.15, 0.2) is 0 Å². The molecule has 0 aliphatic heterocycles. The highest BCUT2D eigenvalue weighted by molar-refractivity contribution is 6.02. The summed E-state index contributed by atoms with van der Waals surface area (Å²) in [6.07, 6.45) is 0. The highest BCUT2D eigenvalue weighted by Gasteiger charge is 2.07. The maximum Gasteiger partial charge on any atom is 0.130 e. The zero-order chi connectivity index (χ0) is 12.7. The second kappa shape index (κ2) is 3.88. The van der Waals surface area contributed by atoms with E-state index in [2.05, 4.69) is 12.1 Å². The van der Waals surface area contributed by atoms with Crippen LogP contribution in [0.5, 0.6) is 5.75 Å². The first-order valence-corrected chi connectivity index (χ1v) is 5.91. The van der Waals surface area contributed by atoms with Crippen LogP contribution in [-0.4, -0.2) is 5.11 Å². The minimum absolute atomic E-state index is 0.262. The molecule has 0 aromatic heterocycles. The highest BCUT2D eigenvalue weighted by atomic mass is 16.3. The summed E-state index contributed by atoms with van der Waals surface area (Å²) in [5.74, 6) is 0.262. The molecule has 0 unspecified atom stereocenters. The molecule has 87 valence electrons. The standard InChI is InChI=1S/C17H13O/c1-11(2)15-8-7-14-9-12-5-3-4-6-13(12)10-16(14)17(15)18/h1,3-10,18H,2H3. The quantitative estimate of drug-likeness (QED) is 0.612. The largest absolute Gasteiger partial charge is 0.507 e. The summed E-state index contributed by atoms with van der Waals surface area (Å²) in [5.41, 5.74) is 1.33. The number of phenolic OH excluding ortho intramolecular Hbond substituents is 1. The molecule has 0 fully saturated rings. The molecule has 0 heterocycles. The van der Waals surface area contributed by atoms with Crippen LogP contribution < -0.4 is 0 Å². The van der Waals surface area contributed by atoms with E-state index in [1.54, 1.807) is 6.92 Å². The Labute approximate surface area is 106 Å². The van der Waals surface area contributed by atoms with Gasteiger partial charge in [0.2, 0.25) is 0 Å². The van der Waals surface area contributed by atoms with Crippen molar-refractivity contribution < 1.29 is 5.11 Å². The molecule has 0 saturated carbocycles. The molecule has 3 rings (SSSR count). The molecule has 1 radical (unpaired) electrons. The molecular formula is C17H13O.